The first-order chi connectivity index (χ1) is 15.1. The number of anilines is 1. The highest BCUT2D eigenvalue weighted by Crippen LogP contribution is 2.29. The number of nitrogens with zero attached hydrogens (tertiary/aromatic N) is 3. The molecule has 1 aromatic heterocycles. The lowest BCUT2D eigenvalue weighted by Crippen LogP contribution is -2.14. The summed E-state index contributed by atoms with van der Waals surface area (Å²) in [4.78, 5) is 16.9. The number of benzene rings is 3. The van der Waals surface area contributed by atoms with E-state index in [9.17, 15) is 9.18 Å². The summed E-state index contributed by atoms with van der Waals surface area (Å²) in [5.41, 5.74) is 3.59. The average Bonchev–Trinajstić information content (AvgIpc) is 2.81. The first kappa shape index (κ1) is 21.0. The van der Waals surface area contributed by atoms with Crippen LogP contribution in [0.5, 0.6) is 0 Å². The molecule has 154 valence electrons. The van der Waals surface area contributed by atoms with E-state index in [1.165, 1.54) is 18.2 Å². The van der Waals surface area contributed by atoms with Gasteiger partial charge in [-0.1, -0.05) is 84.0 Å². The first-order valence-electron chi connectivity index (χ1n) is 9.33. The van der Waals surface area contributed by atoms with Crippen molar-refractivity contribution in [2.75, 3.05) is 11.1 Å². The Hall–Kier alpha value is -3.29. The summed E-state index contributed by atoms with van der Waals surface area (Å²) in [6.07, 6.45) is 0. The Labute approximate surface area is 187 Å². The van der Waals surface area contributed by atoms with Gasteiger partial charge in [-0.2, -0.15) is 0 Å². The fraction of sp³-hybridized carbons (Fsp3) is 0.0435. The number of nitrogens with one attached hydrogen (secondary N) is 1. The molecule has 0 aliphatic rings. The van der Waals surface area contributed by atoms with Crippen LogP contribution in [0.3, 0.4) is 0 Å². The molecule has 0 aliphatic heterocycles. The number of halogens is 2. The van der Waals surface area contributed by atoms with E-state index in [0.29, 0.717) is 22.2 Å². The third-order valence-corrected chi connectivity index (χ3v) is 5.42. The van der Waals surface area contributed by atoms with Crippen molar-refractivity contribution in [3.05, 3.63) is 89.7 Å². The molecule has 1 N–H and O–H groups in total. The zero-order valence-corrected chi connectivity index (χ0v) is 17.7. The van der Waals surface area contributed by atoms with Crippen LogP contribution < -0.4 is 5.32 Å². The third kappa shape index (κ3) is 5.25. The molecule has 1 amide bonds. The molecular formula is C23H16ClFN4OS. The molecule has 0 aliphatic carbocycles. The second kappa shape index (κ2) is 9.68. The molecule has 8 heteroatoms. The van der Waals surface area contributed by atoms with Crippen LogP contribution in [-0.2, 0) is 4.79 Å². The van der Waals surface area contributed by atoms with Crippen LogP contribution in [0.15, 0.2) is 84.0 Å². The first-order valence-corrected chi connectivity index (χ1v) is 10.7. The molecular weight excluding hydrogens is 435 g/mol. The molecule has 4 rings (SSSR count). The Balaban J connectivity index is 1.54. The minimum absolute atomic E-state index is 0.0537. The lowest BCUT2D eigenvalue weighted by atomic mass is 10.0. The molecule has 4 aromatic rings. The Morgan fingerprint density at radius 1 is 0.903 bits per heavy atom. The van der Waals surface area contributed by atoms with Crippen LogP contribution in [0, 0.1) is 5.82 Å². The smallest absolute Gasteiger partial charge is 0.234 e. The van der Waals surface area contributed by atoms with Crippen LogP contribution in [0.25, 0.3) is 22.5 Å². The molecule has 0 fully saturated rings. The van der Waals surface area contributed by atoms with Gasteiger partial charge in [0.05, 0.1) is 10.8 Å². The molecule has 31 heavy (non-hydrogen) atoms. The number of amides is 1. The van der Waals surface area contributed by atoms with Gasteiger partial charge in [-0.25, -0.2) is 9.37 Å². The van der Waals surface area contributed by atoms with Crippen LogP contribution in [-0.4, -0.2) is 26.8 Å². The predicted octanol–water partition coefficient (Wildman–Crippen LogP) is 5.73. The molecule has 5 nitrogen and oxygen atoms in total. The van der Waals surface area contributed by atoms with Crippen LogP contribution >= 0.6 is 23.4 Å². The van der Waals surface area contributed by atoms with Gasteiger partial charge in [0.25, 0.3) is 0 Å². The van der Waals surface area contributed by atoms with Crippen molar-refractivity contribution in [2.24, 2.45) is 0 Å². The molecule has 0 saturated heterocycles. The highest BCUT2D eigenvalue weighted by Gasteiger charge is 2.15. The quantitative estimate of drug-likeness (QED) is 0.380. The summed E-state index contributed by atoms with van der Waals surface area (Å²) in [6, 6.07) is 23.4. The standard InChI is InChI=1S/C23H16ClFN4OS/c24-18-13-17(11-12-19(18)25)26-20(30)14-31-23-27-21(15-7-3-1-4-8-15)22(28-29-23)16-9-5-2-6-10-16/h1-13H,14H2,(H,26,30). The summed E-state index contributed by atoms with van der Waals surface area (Å²) in [5.74, 6) is -0.764. The highest BCUT2D eigenvalue weighted by molar-refractivity contribution is 7.99. The van der Waals surface area contributed by atoms with Gasteiger partial charge in [0.1, 0.15) is 17.2 Å². The molecule has 3 aromatic carbocycles. The largest absolute Gasteiger partial charge is 0.325 e. The van der Waals surface area contributed by atoms with Crippen molar-refractivity contribution >= 4 is 35.0 Å². The maximum absolute atomic E-state index is 13.3. The van der Waals surface area contributed by atoms with Gasteiger partial charge in [-0.05, 0) is 18.2 Å². The number of carbonyl (C=O) groups excluding carboxylic acids is 1. The van der Waals surface area contributed by atoms with Crippen LogP contribution in [0.2, 0.25) is 5.02 Å². The molecule has 1 heterocycles. The van der Waals surface area contributed by atoms with E-state index >= 15 is 0 Å². The van der Waals surface area contributed by atoms with Gasteiger partial charge >= 0.3 is 0 Å². The molecule has 0 saturated carbocycles. The second-order valence-corrected chi connectivity index (χ2v) is 7.84. The number of hydrogen-bond acceptors (Lipinski definition) is 5. The van der Waals surface area contributed by atoms with Crippen LogP contribution in [0.1, 0.15) is 0 Å². The van der Waals surface area contributed by atoms with E-state index in [0.717, 1.165) is 22.9 Å². The van der Waals surface area contributed by atoms with Gasteiger partial charge in [-0.15, -0.1) is 10.2 Å². The van der Waals surface area contributed by atoms with E-state index < -0.39 is 5.82 Å². The molecule has 0 radical (unpaired) electrons. The minimum Gasteiger partial charge on any atom is -0.325 e. The van der Waals surface area contributed by atoms with Crippen molar-refractivity contribution in [1.29, 1.82) is 0 Å². The van der Waals surface area contributed by atoms with Gasteiger partial charge in [0.15, 0.2) is 0 Å². The van der Waals surface area contributed by atoms with Crippen LogP contribution in [0.4, 0.5) is 10.1 Å². The van der Waals surface area contributed by atoms with E-state index in [1.54, 1.807) is 0 Å². The summed E-state index contributed by atoms with van der Waals surface area (Å²) in [5, 5.41) is 11.6. The number of aromatic nitrogens is 3. The second-order valence-electron chi connectivity index (χ2n) is 6.49. The predicted molar refractivity (Wildman–Crippen MR) is 121 cm³/mol. The normalized spacial score (nSPS) is 10.6. The summed E-state index contributed by atoms with van der Waals surface area (Å²) >= 11 is 6.92. The molecule has 0 bridgehead atoms. The SMILES string of the molecule is O=C(CSc1nnc(-c2ccccc2)c(-c2ccccc2)n1)Nc1ccc(F)c(Cl)c1. The minimum atomic E-state index is -0.541. The van der Waals surface area contributed by atoms with E-state index in [4.69, 9.17) is 11.6 Å². The summed E-state index contributed by atoms with van der Waals surface area (Å²) in [6.45, 7) is 0. The van der Waals surface area contributed by atoms with E-state index in [1.807, 2.05) is 60.7 Å². The maximum atomic E-state index is 13.3. The topological polar surface area (TPSA) is 67.8 Å². The Morgan fingerprint density at radius 2 is 1.55 bits per heavy atom. The van der Waals surface area contributed by atoms with E-state index in [-0.39, 0.29) is 16.7 Å². The number of rotatable bonds is 6. The van der Waals surface area contributed by atoms with Gasteiger partial charge < -0.3 is 5.32 Å². The Morgan fingerprint density at radius 3 is 2.19 bits per heavy atom. The Kier molecular flexibility index (Phi) is 6.54. The zero-order valence-electron chi connectivity index (χ0n) is 16.1. The summed E-state index contributed by atoms with van der Waals surface area (Å²) < 4.78 is 13.3. The van der Waals surface area contributed by atoms with Crippen molar-refractivity contribution in [2.45, 2.75) is 5.16 Å². The lowest BCUT2D eigenvalue weighted by Gasteiger charge is -2.09. The highest BCUT2D eigenvalue weighted by atomic mass is 35.5. The van der Waals surface area contributed by atoms with Crippen molar-refractivity contribution in [3.8, 4) is 22.5 Å². The van der Waals surface area contributed by atoms with Crippen molar-refractivity contribution < 1.29 is 9.18 Å². The Bertz CT molecular complexity index is 1210. The van der Waals surface area contributed by atoms with Crippen molar-refractivity contribution in [3.63, 3.8) is 0 Å². The molecule has 0 spiro atoms. The molecule has 0 atom stereocenters. The maximum Gasteiger partial charge on any atom is 0.234 e. The number of thioether (sulfide) groups is 1. The fourth-order valence-corrected chi connectivity index (χ4v) is 3.63. The monoisotopic (exact) mass is 450 g/mol. The fourth-order valence-electron chi connectivity index (χ4n) is 2.86. The van der Waals surface area contributed by atoms with Gasteiger partial charge in [-0.3, -0.25) is 4.79 Å². The van der Waals surface area contributed by atoms with Crippen molar-refractivity contribution in [1.82, 2.24) is 15.2 Å². The molecule has 0 unspecified atom stereocenters. The summed E-state index contributed by atoms with van der Waals surface area (Å²) in [7, 11) is 0. The lowest BCUT2D eigenvalue weighted by molar-refractivity contribution is -0.113. The average molecular weight is 451 g/mol. The van der Waals surface area contributed by atoms with Gasteiger partial charge in [0, 0.05) is 16.8 Å². The number of carbonyl (C=O) groups is 1. The number of hydrogen-bond donors (Lipinski definition) is 1. The zero-order chi connectivity index (χ0) is 21.6. The van der Waals surface area contributed by atoms with E-state index in [2.05, 4.69) is 20.5 Å². The van der Waals surface area contributed by atoms with Gasteiger partial charge in [0.2, 0.25) is 11.1 Å². The third-order valence-electron chi connectivity index (χ3n) is 4.30.